The molecule has 0 bridgehead atoms. The summed E-state index contributed by atoms with van der Waals surface area (Å²) in [5, 5.41) is 11.8. The van der Waals surface area contributed by atoms with Crippen molar-refractivity contribution in [3.8, 4) is 0 Å². The smallest absolute Gasteiger partial charge is 0.246 e. The van der Waals surface area contributed by atoms with Crippen molar-refractivity contribution in [1.82, 2.24) is 31.2 Å². The normalized spacial score (nSPS) is 13.8. The molecule has 0 spiro atoms. The van der Waals surface area contributed by atoms with Gasteiger partial charge in [0.25, 0.3) is 0 Å². The highest BCUT2D eigenvalue weighted by atomic mass is 16.5. The van der Waals surface area contributed by atoms with Gasteiger partial charge in [-0.1, -0.05) is 65.0 Å². The third-order valence-corrected chi connectivity index (χ3v) is 10.2. The number of hydrogen-bond donors (Lipinski definition) is 8. The summed E-state index contributed by atoms with van der Waals surface area (Å²) in [6.07, 6.45) is 6.02. The second-order valence-electron chi connectivity index (χ2n) is 16.2. The second kappa shape index (κ2) is 29.3. The summed E-state index contributed by atoms with van der Waals surface area (Å²) in [5.74, 6) is -4.58. The molecular weight excluding hydrogens is 781 g/mol. The number of Topliss-reactive ketones (excluding diaryl/α,β-unsaturated/α-hetero) is 3. The molecule has 17 heteroatoms. The van der Waals surface area contributed by atoms with Crippen molar-refractivity contribution >= 4 is 41.0 Å². The quantitative estimate of drug-likeness (QED) is 0.0291. The number of carbonyl (C=O) groups is 6. The molecule has 3 amide bonds. The lowest BCUT2D eigenvalue weighted by Gasteiger charge is -2.27. The van der Waals surface area contributed by atoms with E-state index in [-0.39, 0.29) is 80.5 Å². The van der Waals surface area contributed by atoms with E-state index in [4.69, 9.17) is 21.9 Å². The summed E-state index contributed by atoms with van der Waals surface area (Å²) in [6.45, 7) is 10.7. The molecule has 1 aromatic carbocycles. The molecule has 2 aromatic rings. The fourth-order valence-electron chi connectivity index (χ4n) is 6.87. The maximum Gasteiger partial charge on any atom is 0.246 e. The van der Waals surface area contributed by atoms with Gasteiger partial charge in [-0.05, 0) is 63.0 Å². The number of ether oxygens (including phenoxy) is 1. The molecule has 0 saturated heterocycles. The topological polar surface area (TPSA) is 279 Å². The molecular formula is C44H72N10O7. The van der Waals surface area contributed by atoms with E-state index in [1.807, 2.05) is 51.1 Å². The maximum atomic E-state index is 14.2. The molecule has 11 N–H and O–H groups in total. The van der Waals surface area contributed by atoms with Crippen LogP contribution >= 0.6 is 0 Å². The van der Waals surface area contributed by atoms with Crippen LogP contribution in [0.2, 0.25) is 0 Å². The van der Waals surface area contributed by atoms with E-state index in [9.17, 15) is 28.8 Å². The summed E-state index contributed by atoms with van der Waals surface area (Å²) in [7, 11) is 0. The molecule has 0 aliphatic heterocycles. The number of unbranched alkanes of at least 4 members (excludes halogenated alkanes) is 1. The number of carbonyl (C=O) groups excluding carboxylic acids is 6. The van der Waals surface area contributed by atoms with Crippen molar-refractivity contribution in [1.29, 1.82) is 0 Å². The third kappa shape index (κ3) is 21.4. The molecule has 1 heterocycles. The van der Waals surface area contributed by atoms with Crippen LogP contribution in [0.1, 0.15) is 104 Å². The molecule has 0 aliphatic rings. The van der Waals surface area contributed by atoms with Crippen molar-refractivity contribution < 1.29 is 33.5 Å². The molecule has 340 valence electrons. The average Bonchev–Trinajstić information content (AvgIpc) is 3.73. The summed E-state index contributed by atoms with van der Waals surface area (Å²) in [4.78, 5) is 93.6. The fraction of sp³-hybridized carbons (Fsp3) is 0.636. The van der Waals surface area contributed by atoms with Gasteiger partial charge in [0, 0.05) is 62.6 Å². The summed E-state index contributed by atoms with van der Waals surface area (Å²) < 4.78 is 5.50. The predicted molar refractivity (Wildman–Crippen MR) is 236 cm³/mol. The number of guanidine groups is 1. The zero-order valence-electron chi connectivity index (χ0n) is 36.9. The van der Waals surface area contributed by atoms with Gasteiger partial charge in [-0.2, -0.15) is 0 Å². The second-order valence-corrected chi connectivity index (χ2v) is 16.2. The number of aliphatic imine (C=N–C) groups is 1. The number of ketones is 3. The number of nitrogens with zero attached hydrogens (tertiary/aromatic N) is 2. The molecule has 0 radical (unpaired) electrons. The first-order chi connectivity index (χ1) is 29.1. The van der Waals surface area contributed by atoms with Crippen LogP contribution in [-0.4, -0.2) is 108 Å². The average molecular weight is 853 g/mol. The van der Waals surface area contributed by atoms with Crippen LogP contribution in [0, 0.1) is 17.8 Å². The Bertz CT molecular complexity index is 1650. The van der Waals surface area contributed by atoms with Crippen LogP contribution in [-0.2, 0) is 46.3 Å². The van der Waals surface area contributed by atoms with E-state index in [0.717, 1.165) is 5.56 Å². The number of nitrogens with one attached hydrogen (secondary N) is 5. The largest absolute Gasteiger partial charge is 0.370 e. The van der Waals surface area contributed by atoms with E-state index >= 15 is 0 Å². The number of benzene rings is 1. The lowest BCUT2D eigenvalue weighted by molar-refractivity contribution is -0.136. The van der Waals surface area contributed by atoms with Gasteiger partial charge in [-0.25, -0.2) is 4.98 Å². The van der Waals surface area contributed by atoms with Crippen molar-refractivity contribution in [2.24, 2.45) is 39.9 Å². The maximum absolute atomic E-state index is 14.2. The Morgan fingerprint density at radius 2 is 1.52 bits per heavy atom. The Hall–Kier alpha value is -5.00. The van der Waals surface area contributed by atoms with Crippen molar-refractivity contribution in [2.45, 2.75) is 129 Å². The number of imidazole rings is 1. The first kappa shape index (κ1) is 52.1. The highest BCUT2D eigenvalue weighted by molar-refractivity contribution is 5.96. The minimum absolute atomic E-state index is 0.108. The van der Waals surface area contributed by atoms with Crippen LogP contribution in [0.4, 0.5) is 0 Å². The van der Waals surface area contributed by atoms with Crippen molar-refractivity contribution in [3.63, 3.8) is 0 Å². The molecule has 1 aromatic heterocycles. The zero-order chi connectivity index (χ0) is 45.2. The van der Waals surface area contributed by atoms with Gasteiger partial charge in [0.05, 0.1) is 37.0 Å². The molecule has 0 unspecified atom stereocenters. The molecule has 2 rings (SSSR count). The Morgan fingerprint density at radius 3 is 2.15 bits per heavy atom. The molecule has 0 fully saturated rings. The molecule has 5 atom stereocenters. The monoisotopic (exact) mass is 853 g/mol. The molecule has 61 heavy (non-hydrogen) atoms. The standard InChI is InChI=1S/C44H72N10O7/c1-6-13-37(55)36(22-31-14-8-7-9-15-31)53-43(60)33(23-34-26-48-28-51-34)25-39(57)41(29(2)3)54-42(59)32(16-12-19-50-44(46)47)24-38(56)35(17-10-11-18-45)52-40(58)27-61-21-20-49-30(4)5/h7-9,14-15,26,28-30,32-33,35-36,41,49H,6,10-13,16-25,27,45H2,1-5H3,(H,48,51)(H,52,58)(H,53,60)(H,54,59)(H4,46,47,50)/t32-,33-,35+,36+,41+/m1/s1. The zero-order valence-corrected chi connectivity index (χ0v) is 36.9. The number of amides is 3. The Balaban J connectivity index is 2.31. The number of H-pyrrole nitrogens is 1. The van der Waals surface area contributed by atoms with Gasteiger partial charge in [0.1, 0.15) is 6.61 Å². The summed E-state index contributed by atoms with van der Waals surface area (Å²) in [5.41, 5.74) is 18.3. The van der Waals surface area contributed by atoms with Crippen LogP contribution in [0.25, 0.3) is 0 Å². The van der Waals surface area contributed by atoms with E-state index in [1.54, 1.807) is 20.0 Å². The first-order valence-corrected chi connectivity index (χ1v) is 21.7. The van der Waals surface area contributed by atoms with Crippen LogP contribution in [0.5, 0.6) is 0 Å². The Kier molecular flexibility index (Phi) is 25.0. The third-order valence-electron chi connectivity index (χ3n) is 10.2. The number of aromatic nitrogens is 2. The minimum atomic E-state index is -1.01. The molecule has 0 saturated carbocycles. The number of hydrogen-bond acceptors (Lipinski definition) is 11. The summed E-state index contributed by atoms with van der Waals surface area (Å²) in [6, 6.07) is 6.97. The lowest BCUT2D eigenvalue weighted by Crippen LogP contribution is -2.50. The van der Waals surface area contributed by atoms with Crippen molar-refractivity contribution in [2.75, 3.05) is 32.8 Å². The highest BCUT2D eigenvalue weighted by Crippen LogP contribution is 2.20. The number of nitrogens with two attached hydrogens (primary N) is 3. The van der Waals surface area contributed by atoms with Gasteiger partial charge in [0.15, 0.2) is 23.3 Å². The summed E-state index contributed by atoms with van der Waals surface area (Å²) >= 11 is 0. The number of aromatic amines is 1. The SMILES string of the molecule is CCCC(=O)[C@H](Cc1ccccc1)NC(=O)[C@@H](CC(=O)[C@@H](NC(=O)[C@H](CCCN=C(N)N)CC(=O)[C@H](CCCCN)NC(=O)COCCNC(C)C)C(C)C)Cc1cnc[nH]1. The van der Waals surface area contributed by atoms with E-state index in [2.05, 4.69) is 36.2 Å². The fourth-order valence-corrected chi connectivity index (χ4v) is 6.87. The highest BCUT2D eigenvalue weighted by Gasteiger charge is 2.34. The van der Waals surface area contributed by atoms with Gasteiger partial charge >= 0.3 is 0 Å². The molecule has 17 nitrogen and oxygen atoms in total. The van der Waals surface area contributed by atoms with E-state index in [1.165, 1.54) is 6.33 Å². The Morgan fingerprint density at radius 1 is 0.820 bits per heavy atom. The van der Waals surface area contributed by atoms with Crippen LogP contribution in [0.3, 0.4) is 0 Å². The first-order valence-electron chi connectivity index (χ1n) is 21.7. The van der Waals surface area contributed by atoms with Gasteiger partial charge in [0.2, 0.25) is 17.7 Å². The van der Waals surface area contributed by atoms with Crippen LogP contribution < -0.4 is 38.5 Å². The predicted octanol–water partition coefficient (Wildman–Crippen LogP) is 2.02. The Labute approximate surface area is 361 Å². The van der Waals surface area contributed by atoms with Crippen molar-refractivity contribution in [3.05, 3.63) is 54.1 Å². The van der Waals surface area contributed by atoms with Crippen LogP contribution in [0.15, 0.2) is 47.8 Å². The van der Waals surface area contributed by atoms with E-state index in [0.29, 0.717) is 63.9 Å². The van der Waals surface area contributed by atoms with Gasteiger partial charge < -0.3 is 48.2 Å². The van der Waals surface area contributed by atoms with Gasteiger partial charge in [-0.3, -0.25) is 33.8 Å². The minimum Gasteiger partial charge on any atom is -0.370 e. The van der Waals surface area contributed by atoms with Gasteiger partial charge in [-0.15, -0.1) is 0 Å². The van der Waals surface area contributed by atoms with E-state index < -0.39 is 47.7 Å². The lowest BCUT2D eigenvalue weighted by atomic mass is 9.87. The number of rotatable bonds is 33. The molecule has 0 aliphatic carbocycles.